The maximum Gasteiger partial charge on any atom is 0.0686 e. The Bertz CT molecular complexity index is 2290. The Kier molecular flexibility index (Phi) is 6.48. The van der Waals surface area contributed by atoms with Gasteiger partial charge in [0.2, 0.25) is 0 Å². The standard InChI is InChI=1S/C45H33NS/c1-45(2)38-25-15-14-24-36(38)42-39(45)29-37(31-18-8-4-9-19-31)43-44(42)47-41-27-26-32(28-40(41)46(43)33-20-10-5-11-21-33)35-23-13-12-22-34(35)30-16-6-3-7-17-30/h3-29H,1-2H3. The minimum Gasteiger partial charge on any atom is -0.308 e. The highest BCUT2D eigenvalue weighted by molar-refractivity contribution is 8.00. The molecule has 0 saturated heterocycles. The van der Waals surface area contributed by atoms with Gasteiger partial charge in [0.1, 0.15) is 0 Å². The van der Waals surface area contributed by atoms with E-state index in [4.69, 9.17) is 0 Å². The molecule has 0 spiro atoms. The van der Waals surface area contributed by atoms with Crippen LogP contribution in [0.4, 0.5) is 17.1 Å². The third-order valence-corrected chi connectivity index (χ3v) is 11.0. The van der Waals surface area contributed by atoms with Crippen LogP contribution in [0.1, 0.15) is 25.0 Å². The van der Waals surface area contributed by atoms with Crippen LogP contribution in [0.5, 0.6) is 0 Å². The lowest BCUT2D eigenvalue weighted by atomic mass is 9.81. The number of nitrogens with zero attached hydrogens (tertiary/aromatic N) is 1. The predicted molar refractivity (Wildman–Crippen MR) is 199 cm³/mol. The maximum atomic E-state index is 2.52. The second-order valence-electron chi connectivity index (χ2n) is 12.9. The van der Waals surface area contributed by atoms with E-state index in [-0.39, 0.29) is 5.41 Å². The fourth-order valence-electron chi connectivity index (χ4n) is 7.58. The second kappa shape index (κ2) is 10.9. The van der Waals surface area contributed by atoms with Gasteiger partial charge in [0, 0.05) is 32.0 Å². The van der Waals surface area contributed by atoms with E-state index >= 15 is 0 Å². The summed E-state index contributed by atoms with van der Waals surface area (Å²) in [6, 6.07) is 59.9. The van der Waals surface area contributed by atoms with Gasteiger partial charge in [-0.3, -0.25) is 0 Å². The van der Waals surface area contributed by atoms with Gasteiger partial charge in [0.05, 0.1) is 11.4 Å². The van der Waals surface area contributed by atoms with Gasteiger partial charge in [-0.05, 0) is 74.8 Å². The maximum absolute atomic E-state index is 2.52. The van der Waals surface area contributed by atoms with E-state index in [1.54, 1.807) is 0 Å². The van der Waals surface area contributed by atoms with Gasteiger partial charge in [0.25, 0.3) is 0 Å². The Balaban J connectivity index is 1.34. The van der Waals surface area contributed by atoms with Crippen molar-refractivity contribution in [2.24, 2.45) is 0 Å². The molecule has 9 rings (SSSR count). The molecule has 224 valence electrons. The fourth-order valence-corrected chi connectivity index (χ4v) is 8.82. The molecule has 2 aliphatic rings. The highest BCUT2D eigenvalue weighted by Gasteiger charge is 2.41. The number of rotatable bonds is 4. The van der Waals surface area contributed by atoms with Gasteiger partial charge < -0.3 is 4.90 Å². The van der Waals surface area contributed by atoms with E-state index in [2.05, 4.69) is 183 Å². The lowest BCUT2D eigenvalue weighted by molar-refractivity contribution is 0.660. The van der Waals surface area contributed by atoms with E-state index in [1.807, 2.05) is 11.8 Å². The Hall–Kier alpha value is -5.31. The molecule has 1 heterocycles. The first-order valence-electron chi connectivity index (χ1n) is 16.3. The van der Waals surface area contributed by atoms with Crippen LogP contribution in [-0.4, -0.2) is 0 Å². The van der Waals surface area contributed by atoms with Crippen LogP contribution in [0.3, 0.4) is 0 Å². The topological polar surface area (TPSA) is 3.24 Å². The molecule has 0 N–H and O–H groups in total. The van der Waals surface area contributed by atoms with Gasteiger partial charge in [0.15, 0.2) is 0 Å². The van der Waals surface area contributed by atoms with Crippen molar-refractivity contribution >= 4 is 28.8 Å². The normalized spacial score (nSPS) is 13.8. The minimum absolute atomic E-state index is 0.103. The molecule has 0 radical (unpaired) electrons. The van der Waals surface area contributed by atoms with Crippen LogP contribution < -0.4 is 4.90 Å². The van der Waals surface area contributed by atoms with E-state index in [0.717, 1.165) is 5.69 Å². The largest absolute Gasteiger partial charge is 0.308 e. The average molecular weight is 620 g/mol. The van der Waals surface area contributed by atoms with E-state index in [0.29, 0.717) is 0 Å². The first-order chi connectivity index (χ1) is 23.1. The van der Waals surface area contributed by atoms with E-state index in [9.17, 15) is 0 Å². The Labute approximate surface area is 281 Å². The number of para-hydroxylation sites is 1. The zero-order chi connectivity index (χ0) is 31.5. The molecule has 1 aliphatic carbocycles. The summed E-state index contributed by atoms with van der Waals surface area (Å²) in [6.07, 6.45) is 0. The Morgan fingerprint density at radius 2 is 1.02 bits per heavy atom. The Morgan fingerprint density at radius 3 is 1.70 bits per heavy atom. The van der Waals surface area contributed by atoms with Crippen LogP contribution in [0.2, 0.25) is 0 Å². The van der Waals surface area contributed by atoms with Crippen molar-refractivity contribution in [1.29, 1.82) is 0 Å². The van der Waals surface area contributed by atoms with Crippen molar-refractivity contribution in [2.75, 3.05) is 4.90 Å². The molecule has 1 nitrogen and oxygen atoms in total. The van der Waals surface area contributed by atoms with Crippen molar-refractivity contribution in [1.82, 2.24) is 0 Å². The fraction of sp³-hybridized carbons (Fsp3) is 0.0667. The smallest absolute Gasteiger partial charge is 0.0686 e. The molecule has 0 amide bonds. The van der Waals surface area contributed by atoms with Crippen LogP contribution in [0, 0.1) is 0 Å². The zero-order valence-electron chi connectivity index (χ0n) is 26.4. The molecule has 0 unspecified atom stereocenters. The van der Waals surface area contributed by atoms with Crippen molar-refractivity contribution in [2.45, 2.75) is 29.1 Å². The Morgan fingerprint density at radius 1 is 0.468 bits per heavy atom. The minimum atomic E-state index is -0.103. The van der Waals surface area contributed by atoms with E-state index in [1.165, 1.54) is 76.8 Å². The zero-order valence-corrected chi connectivity index (χ0v) is 27.3. The quantitative estimate of drug-likeness (QED) is 0.193. The lowest BCUT2D eigenvalue weighted by Gasteiger charge is -2.37. The van der Waals surface area contributed by atoms with Gasteiger partial charge in [-0.15, -0.1) is 0 Å². The molecule has 0 saturated carbocycles. The first kappa shape index (κ1) is 28.0. The van der Waals surface area contributed by atoms with E-state index < -0.39 is 0 Å². The molecule has 47 heavy (non-hydrogen) atoms. The third-order valence-electron chi connectivity index (χ3n) is 9.86. The molecule has 0 aromatic heterocycles. The van der Waals surface area contributed by atoms with Crippen LogP contribution in [0.25, 0.3) is 44.5 Å². The molecule has 0 fully saturated rings. The van der Waals surface area contributed by atoms with Crippen molar-refractivity contribution in [3.63, 3.8) is 0 Å². The van der Waals surface area contributed by atoms with Crippen molar-refractivity contribution in [3.8, 4) is 44.5 Å². The number of fused-ring (bicyclic) bond motifs is 6. The molecule has 0 atom stereocenters. The van der Waals surface area contributed by atoms with Gasteiger partial charge >= 0.3 is 0 Å². The molecule has 2 heteroatoms. The highest BCUT2D eigenvalue weighted by Crippen LogP contribution is 2.63. The molecule has 7 aromatic carbocycles. The summed E-state index contributed by atoms with van der Waals surface area (Å²) in [5.41, 5.74) is 16.4. The average Bonchev–Trinajstić information content (AvgIpc) is 3.37. The molecular weight excluding hydrogens is 587 g/mol. The summed E-state index contributed by atoms with van der Waals surface area (Å²) >= 11 is 1.92. The van der Waals surface area contributed by atoms with Crippen molar-refractivity contribution in [3.05, 3.63) is 175 Å². The number of hydrogen-bond donors (Lipinski definition) is 0. The SMILES string of the molecule is CC1(C)c2ccccc2-c2c1cc(-c1ccccc1)c1c2Sc2ccc(-c3ccccc3-c3ccccc3)cc2N1c1ccccc1. The van der Waals surface area contributed by atoms with Crippen LogP contribution in [-0.2, 0) is 5.41 Å². The summed E-state index contributed by atoms with van der Waals surface area (Å²) in [5, 5.41) is 0. The van der Waals surface area contributed by atoms with Crippen molar-refractivity contribution < 1.29 is 0 Å². The van der Waals surface area contributed by atoms with Crippen LogP contribution >= 0.6 is 11.8 Å². The molecule has 7 aromatic rings. The first-order valence-corrected chi connectivity index (χ1v) is 17.1. The highest BCUT2D eigenvalue weighted by atomic mass is 32.2. The monoisotopic (exact) mass is 619 g/mol. The number of anilines is 3. The molecule has 1 aliphatic heterocycles. The van der Waals surface area contributed by atoms with Crippen LogP contribution in [0.15, 0.2) is 174 Å². The second-order valence-corrected chi connectivity index (χ2v) is 14.0. The summed E-state index contributed by atoms with van der Waals surface area (Å²) in [7, 11) is 0. The lowest BCUT2D eigenvalue weighted by Crippen LogP contribution is -2.19. The summed E-state index contributed by atoms with van der Waals surface area (Å²) in [4.78, 5) is 5.11. The number of benzene rings is 7. The van der Waals surface area contributed by atoms with Gasteiger partial charge in [-0.2, -0.15) is 0 Å². The third kappa shape index (κ3) is 4.40. The molecular formula is C45H33NS. The molecule has 0 bridgehead atoms. The summed E-state index contributed by atoms with van der Waals surface area (Å²) < 4.78 is 0. The van der Waals surface area contributed by atoms with Gasteiger partial charge in [-0.25, -0.2) is 0 Å². The summed E-state index contributed by atoms with van der Waals surface area (Å²) in [5.74, 6) is 0. The number of hydrogen-bond acceptors (Lipinski definition) is 2. The predicted octanol–water partition coefficient (Wildman–Crippen LogP) is 12.9. The van der Waals surface area contributed by atoms with Gasteiger partial charge in [-0.1, -0.05) is 159 Å². The summed E-state index contributed by atoms with van der Waals surface area (Å²) in [6.45, 7) is 4.76.